The summed E-state index contributed by atoms with van der Waals surface area (Å²) in [5.74, 6) is 0.559. The van der Waals surface area contributed by atoms with Gasteiger partial charge in [0.15, 0.2) is 5.96 Å². The van der Waals surface area contributed by atoms with Crippen molar-refractivity contribution in [2.45, 2.75) is 12.8 Å². The number of hydrogen-bond donors (Lipinski definition) is 2. The molecule has 0 fully saturated rings. The lowest BCUT2D eigenvalue weighted by molar-refractivity contribution is 0.606. The fourth-order valence-electron chi connectivity index (χ4n) is 2.16. The number of hydrogen-bond acceptors (Lipinski definition) is 2. The minimum Gasteiger partial charge on any atom is -0.356 e. The zero-order valence-electron chi connectivity index (χ0n) is 13.4. The SMILES string of the molecule is CN=C(NCCc1cnn(C)c1)NCCc1ccccc1F.I. The standard InChI is InChI=1S/C16H22FN5.HI/c1-18-16(19-9-7-13-11-21-22(2)12-13)20-10-8-14-5-3-4-6-15(14)17;/h3-6,11-12H,7-10H2,1-2H3,(H2,18,19,20);1H. The van der Waals surface area contributed by atoms with Gasteiger partial charge >= 0.3 is 0 Å². The number of benzene rings is 1. The highest BCUT2D eigenvalue weighted by Gasteiger charge is 2.02. The Hall–Kier alpha value is -1.64. The van der Waals surface area contributed by atoms with Crippen LogP contribution in [0.15, 0.2) is 41.7 Å². The van der Waals surface area contributed by atoms with E-state index >= 15 is 0 Å². The average Bonchev–Trinajstić information content (AvgIpc) is 2.93. The highest BCUT2D eigenvalue weighted by atomic mass is 127. The molecule has 0 bridgehead atoms. The van der Waals surface area contributed by atoms with E-state index in [1.54, 1.807) is 23.9 Å². The predicted molar refractivity (Wildman–Crippen MR) is 102 cm³/mol. The van der Waals surface area contributed by atoms with E-state index < -0.39 is 0 Å². The molecule has 1 heterocycles. The van der Waals surface area contributed by atoms with Crippen LogP contribution in [0.4, 0.5) is 4.39 Å². The van der Waals surface area contributed by atoms with Gasteiger partial charge in [0.25, 0.3) is 0 Å². The smallest absolute Gasteiger partial charge is 0.190 e. The first kappa shape index (κ1) is 19.4. The fourth-order valence-corrected chi connectivity index (χ4v) is 2.16. The average molecular weight is 431 g/mol. The highest BCUT2D eigenvalue weighted by molar-refractivity contribution is 14.0. The summed E-state index contributed by atoms with van der Waals surface area (Å²) in [6.45, 7) is 1.40. The fraction of sp³-hybridized carbons (Fsp3) is 0.375. The second-order valence-electron chi connectivity index (χ2n) is 5.04. The van der Waals surface area contributed by atoms with Gasteiger partial charge < -0.3 is 10.6 Å². The zero-order valence-corrected chi connectivity index (χ0v) is 15.8. The topological polar surface area (TPSA) is 54.2 Å². The Morgan fingerprint density at radius 3 is 2.52 bits per heavy atom. The van der Waals surface area contributed by atoms with Crippen molar-refractivity contribution in [3.8, 4) is 0 Å². The molecule has 0 aliphatic heterocycles. The van der Waals surface area contributed by atoms with Crippen LogP contribution >= 0.6 is 24.0 Å². The maximum Gasteiger partial charge on any atom is 0.190 e. The molecule has 0 unspecified atom stereocenters. The number of aliphatic imine (C=N–C) groups is 1. The molecule has 5 nitrogen and oxygen atoms in total. The number of aryl methyl sites for hydroxylation is 1. The van der Waals surface area contributed by atoms with E-state index in [2.05, 4.69) is 20.7 Å². The molecule has 0 aliphatic carbocycles. The third kappa shape index (κ3) is 6.55. The van der Waals surface area contributed by atoms with Gasteiger partial charge in [0.2, 0.25) is 0 Å². The number of nitrogens with one attached hydrogen (secondary N) is 2. The normalized spacial score (nSPS) is 11.0. The number of halogens is 2. The second kappa shape index (κ2) is 10.2. The summed E-state index contributed by atoms with van der Waals surface area (Å²) in [5.41, 5.74) is 1.89. The minimum absolute atomic E-state index is 0. The molecule has 1 aromatic carbocycles. The van der Waals surface area contributed by atoms with Crippen molar-refractivity contribution < 1.29 is 4.39 Å². The van der Waals surface area contributed by atoms with E-state index in [0.717, 1.165) is 18.9 Å². The molecule has 1 aromatic heterocycles. The molecule has 0 amide bonds. The van der Waals surface area contributed by atoms with Gasteiger partial charge in [-0.25, -0.2) is 4.39 Å². The Kier molecular flexibility index (Phi) is 8.60. The van der Waals surface area contributed by atoms with Crippen LogP contribution in [0.2, 0.25) is 0 Å². The molecule has 126 valence electrons. The molecule has 2 rings (SSSR count). The summed E-state index contributed by atoms with van der Waals surface area (Å²) >= 11 is 0. The maximum atomic E-state index is 13.5. The molecule has 2 N–H and O–H groups in total. The summed E-state index contributed by atoms with van der Waals surface area (Å²) in [4.78, 5) is 4.16. The van der Waals surface area contributed by atoms with Gasteiger partial charge in [0.05, 0.1) is 6.20 Å². The van der Waals surface area contributed by atoms with Gasteiger partial charge in [0, 0.05) is 33.4 Å². The van der Waals surface area contributed by atoms with E-state index in [1.807, 2.05) is 25.5 Å². The lowest BCUT2D eigenvalue weighted by Crippen LogP contribution is -2.39. The van der Waals surface area contributed by atoms with Crippen LogP contribution in [0.25, 0.3) is 0 Å². The molecular formula is C16H23FIN5. The lowest BCUT2D eigenvalue weighted by Gasteiger charge is -2.11. The molecule has 0 atom stereocenters. The zero-order chi connectivity index (χ0) is 15.8. The van der Waals surface area contributed by atoms with Gasteiger partial charge in [0.1, 0.15) is 5.82 Å². The van der Waals surface area contributed by atoms with E-state index in [4.69, 9.17) is 0 Å². The molecule has 23 heavy (non-hydrogen) atoms. The summed E-state index contributed by atoms with van der Waals surface area (Å²) in [6, 6.07) is 6.83. The third-order valence-corrected chi connectivity index (χ3v) is 3.33. The summed E-state index contributed by atoms with van der Waals surface area (Å²) in [7, 11) is 3.63. The Balaban J connectivity index is 0.00000264. The van der Waals surface area contributed by atoms with Crippen molar-refractivity contribution in [2.24, 2.45) is 12.0 Å². The maximum absolute atomic E-state index is 13.5. The summed E-state index contributed by atoms with van der Waals surface area (Å²) < 4.78 is 15.3. The number of nitrogens with zero attached hydrogens (tertiary/aromatic N) is 3. The van der Waals surface area contributed by atoms with Gasteiger partial charge in [-0.2, -0.15) is 5.10 Å². The van der Waals surface area contributed by atoms with Gasteiger partial charge in [-0.3, -0.25) is 9.67 Å². The molecular weight excluding hydrogens is 408 g/mol. The van der Waals surface area contributed by atoms with Crippen molar-refractivity contribution >= 4 is 29.9 Å². The third-order valence-electron chi connectivity index (χ3n) is 3.33. The highest BCUT2D eigenvalue weighted by Crippen LogP contribution is 2.06. The second-order valence-corrected chi connectivity index (χ2v) is 5.04. The Morgan fingerprint density at radius 1 is 1.22 bits per heavy atom. The van der Waals surface area contributed by atoms with Crippen molar-refractivity contribution in [3.05, 3.63) is 53.6 Å². The van der Waals surface area contributed by atoms with E-state index in [0.29, 0.717) is 18.5 Å². The minimum atomic E-state index is -0.163. The van der Waals surface area contributed by atoms with Crippen molar-refractivity contribution in [1.82, 2.24) is 20.4 Å². The molecule has 7 heteroatoms. The van der Waals surface area contributed by atoms with E-state index in [-0.39, 0.29) is 29.8 Å². The number of guanidine groups is 1. The van der Waals surface area contributed by atoms with Gasteiger partial charge in [-0.15, -0.1) is 24.0 Å². The Bertz CT molecular complexity index is 626. The molecule has 0 saturated heterocycles. The van der Waals surface area contributed by atoms with Crippen LogP contribution in [-0.4, -0.2) is 35.9 Å². The number of rotatable bonds is 6. The first-order valence-electron chi connectivity index (χ1n) is 7.34. The molecule has 2 aromatic rings. The van der Waals surface area contributed by atoms with Gasteiger partial charge in [-0.1, -0.05) is 18.2 Å². The van der Waals surface area contributed by atoms with Gasteiger partial charge in [-0.05, 0) is 30.0 Å². The van der Waals surface area contributed by atoms with Crippen LogP contribution in [0.3, 0.4) is 0 Å². The van der Waals surface area contributed by atoms with Crippen LogP contribution in [0.1, 0.15) is 11.1 Å². The van der Waals surface area contributed by atoms with Crippen molar-refractivity contribution in [3.63, 3.8) is 0 Å². The van der Waals surface area contributed by atoms with Crippen LogP contribution in [0, 0.1) is 5.82 Å². The first-order valence-corrected chi connectivity index (χ1v) is 7.34. The number of aromatic nitrogens is 2. The summed E-state index contributed by atoms with van der Waals surface area (Å²) in [6.07, 6.45) is 5.35. The monoisotopic (exact) mass is 431 g/mol. The van der Waals surface area contributed by atoms with Crippen LogP contribution in [-0.2, 0) is 19.9 Å². The predicted octanol–water partition coefficient (Wildman–Crippen LogP) is 2.13. The van der Waals surface area contributed by atoms with Crippen LogP contribution < -0.4 is 10.6 Å². The Morgan fingerprint density at radius 2 is 1.91 bits per heavy atom. The molecule has 0 saturated carbocycles. The lowest BCUT2D eigenvalue weighted by atomic mass is 10.1. The molecule has 0 spiro atoms. The van der Waals surface area contributed by atoms with Crippen molar-refractivity contribution in [2.75, 3.05) is 20.1 Å². The molecule has 0 aliphatic rings. The first-order chi connectivity index (χ1) is 10.7. The van der Waals surface area contributed by atoms with E-state index in [9.17, 15) is 4.39 Å². The Labute approximate surface area is 153 Å². The van der Waals surface area contributed by atoms with Crippen LogP contribution in [0.5, 0.6) is 0 Å². The molecule has 0 radical (unpaired) electrons. The quantitative estimate of drug-likeness (QED) is 0.419. The van der Waals surface area contributed by atoms with E-state index in [1.165, 1.54) is 11.6 Å². The largest absolute Gasteiger partial charge is 0.356 e. The van der Waals surface area contributed by atoms with Crippen molar-refractivity contribution in [1.29, 1.82) is 0 Å². The summed E-state index contributed by atoms with van der Waals surface area (Å²) in [5, 5.41) is 10.6.